The summed E-state index contributed by atoms with van der Waals surface area (Å²) in [6.07, 6.45) is 25.0. The van der Waals surface area contributed by atoms with Gasteiger partial charge >= 0.3 is 0 Å². The highest BCUT2D eigenvalue weighted by molar-refractivity contribution is 5.64. The van der Waals surface area contributed by atoms with Crippen molar-refractivity contribution in [2.24, 2.45) is 0 Å². The van der Waals surface area contributed by atoms with Crippen molar-refractivity contribution in [2.75, 3.05) is 0 Å². The van der Waals surface area contributed by atoms with Crippen LogP contribution in [0.1, 0.15) is 118 Å². The number of fused-ring (bicyclic) bond motifs is 12. The molecule has 0 atom stereocenters. The molecule has 0 bridgehead atoms. The van der Waals surface area contributed by atoms with Crippen molar-refractivity contribution in [3.05, 3.63) is 66.8 Å². The standard InChI is InChI=1S/C30H36/c1-5-13-23-19(9-1)20-10-2-6-14-24(20)28-18-30-26-16-8-4-12-22(26)21-11-3-7-15-25(21)29(30)17-27(23)28/h1-18H2. The second kappa shape index (κ2) is 6.98. The fraction of sp³-hybridized carbons (Fsp3) is 0.600. The molecule has 0 aromatic heterocycles. The van der Waals surface area contributed by atoms with Crippen molar-refractivity contribution < 1.29 is 0 Å². The Morgan fingerprint density at radius 2 is 0.367 bits per heavy atom. The zero-order valence-corrected chi connectivity index (χ0v) is 18.7. The third kappa shape index (κ3) is 2.52. The van der Waals surface area contributed by atoms with Gasteiger partial charge in [0.2, 0.25) is 0 Å². The molecule has 156 valence electrons. The predicted molar refractivity (Wildman–Crippen MR) is 125 cm³/mol. The summed E-state index contributed by atoms with van der Waals surface area (Å²) in [5.41, 5.74) is 22.0. The largest absolute Gasteiger partial charge is 0.0489 e. The Morgan fingerprint density at radius 1 is 0.200 bits per heavy atom. The van der Waals surface area contributed by atoms with E-state index in [1.54, 1.807) is 0 Å². The highest BCUT2D eigenvalue weighted by atomic mass is 14.4. The van der Waals surface area contributed by atoms with Gasteiger partial charge in [-0.2, -0.15) is 0 Å². The molecule has 0 aliphatic heterocycles. The highest BCUT2D eigenvalue weighted by Crippen LogP contribution is 2.46. The summed E-state index contributed by atoms with van der Waals surface area (Å²) in [7, 11) is 0. The third-order valence-electron chi connectivity index (χ3n) is 9.49. The van der Waals surface area contributed by atoms with E-state index in [-0.39, 0.29) is 0 Å². The maximum absolute atomic E-state index is 1.84. The second-order valence-electron chi connectivity index (χ2n) is 10.9. The highest BCUT2D eigenvalue weighted by Gasteiger charge is 2.33. The molecule has 0 fully saturated rings. The molecule has 0 heteroatoms. The van der Waals surface area contributed by atoms with Gasteiger partial charge in [-0.1, -0.05) is 0 Å². The molecule has 0 radical (unpaired) electrons. The van der Waals surface area contributed by atoms with Crippen LogP contribution in [0.3, 0.4) is 0 Å². The summed E-state index contributed by atoms with van der Waals surface area (Å²) in [6.45, 7) is 0. The lowest BCUT2D eigenvalue weighted by molar-refractivity contribution is 0.616. The van der Waals surface area contributed by atoms with E-state index in [9.17, 15) is 0 Å². The first-order chi connectivity index (χ1) is 14.9. The van der Waals surface area contributed by atoms with Crippen LogP contribution in [0.2, 0.25) is 0 Å². The van der Waals surface area contributed by atoms with Crippen molar-refractivity contribution in [3.8, 4) is 0 Å². The van der Waals surface area contributed by atoms with Crippen LogP contribution in [0.25, 0.3) is 0 Å². The van der Waals surface area contributed by atoms with Crippen molar-refractivity contribution in [1.29, 1.82) is 0 Å². The zero-order chi connectivity index (χ0) is 19.7. The molecule has 5 aliphatic carbocycles. The first-order valence-corrected chi connectivity index (χ1v) is 13.2. The van der Waals surface area contributed by atoms with E-state index in [1.165, 1.54) is 116 Å². The monoisotopic (exact) mass is 396 g/mol. The minimum Gasteiger partial charge on any atom is -0.0489 e. The average Bonchev–Trinajstić information content (AvgIpc) is 2.83. The molecule has 0 amide bonds. The first kappa shape index (κ1) is 18.1. The summed E-state index contributed by atoms with van der Waals surface area (Å²) in [5, 5.41) is 0. The van der Waals surface area contributed by atoms with E-state index >= 15 is 0 Å². The van der Waals surface area contributed by atoms with Crippen LogP contribution in [0.15, 0.2) is 0 Å². The molecular weight excluding hydrogens is 360 g/mol. The van der Waals surface area contributed by atoms with Crippen LogP contribution >= 0.6 is 0 Å². The lowest BCUT2D eigenvalue weighted by atomic mass is 9.67. The van der Waals surface area contributed by atoms with Gasteiger partial charge in [0.05, 0.1) is 0 Å². The molecule has 0 spiro atoms. The Morgan fingerprint density at radius 3 is 0.567 bits per heavy atom. The Hall–Kier alpha value is -1.56. The number of hydrogen-bond acceptors (Lipinski definition) is 0. The summed E-state index contributed by atoms with van der Waals surface area (Å²) in [4.78, 5) is 0. The van der Waals surface area contributed by atoms with Crippen molar-refractivity contribution in [1.82, 2.24) is 0 Å². The van der Waals surface area contributed by atoms with E-state index in [0.717, 1.165) is 0 Å². The van der Waals surface area contributed by atoms with Gasteiger partial charge in [-0.05, 0) is 182 Å². The van der Waals surface area contributed by atoms with E-state index in [0.29, 0.717) is 0 Å². The van der Waals surface area contributed by atoms with Crippen molar-refractivity contribution in [3.63, 3.8) is 0 Å². The number of hydrogen-bond donors (Lipinski definition) is 0. The van der Waals surface area contributed by atoms with Gasteiger partial charge in [0.15, 0.2) is 0 Å². The van der Waals surface area contributed by atoms with Gasteiger partial charge < -0.3 is 0 Å². The van der Waals surface area contributed by atoms with Crippen LogP contribution in [-0.4, -0.2) is 0 Å². The average molecular weight is 397 g/mol. The van der Waals surface area contributed by atoms with Crippen molar-refractivity contribution in [2.45, 2.75) is 116 Å². The molecule has 0 saturated heterocycles. The van der Waals surface area contributed by atoms with E-state index in [1.807, 2.05) is 66.8 Å². The van der Waals surface area contributed by atoms with Gasteiger partial charge in [-0.25, -0.2) is 0 Å². The quantitative estimate of drug-likeness (QED) is 0.397. The molecule has 2 aromatic rings. The molecule has 2 aromatic carbocycles. The normalized spacial score (nSPS) is 21.6. The van der Waals surface area contributed by atoms with Gasteiger partial charge in [-0.15, -0.1) is 0 Å². The second-order valence-corrected chi connectivity index (χ2v) is 10.9. The fourth-order valence-electron chi connectivity index (χ4n) is 8.22. The Kier molecular flexibility index (Phi) is 4.20. The Labute approximate surface area is 182 Å². The van der Waals surface area contributed by atoms with E-state index in [4.69, 9.17) is 0 Å². The third-order valence-corrected chi connectivity index (χ3v) is 9.49. The maximum atomic E-state index is 1.84. The SMILES string of the molecule is C1CCc2c(c3c(c4c2Cc2c5c(c6c(c2C4)CCCC6)CCCC5)CCCC3)C1. The van der Waals surface area contributed by atoms with Gasteiger partial charge in [-0.3, -0.25) is 0 Å². The van der Waals surface area contributed by atoms with Crippen LogP contribution in [0, 0.1) is 0 Å². The minimum atomic E-state index is 1.29. The molecule has 30 heavy (non-hydrogen) atoms. The zero-order valence-electron chi connectivity index (χ0n) is 18.7. The van der Waals surface area contributed by atoms with Gasteiger partial charge in [0.25, 0.3) is 0 Å². The first-order valence-electron chi connectivity index (χ1n) is 13.2. The van der Waals surface area contributed by atoms with Crippen LogP contribution in [0.4, 0.5) is 0 Å². The summed E-state index contributed by atoms with van der Waals surface area (Å²) >= 11 is 0. The van der Waals surface area contributed by atoms with E-state index in [2.05, 4.69) is 0 Å². The number of benzene rings is 2. The lowest BCUT2D eigenvalue weighted by Crippen LogP contribution is -2.26. The minimum absolute atomic E-state index is 1.29. The molecule has 0 saturated carbocycles. The molecule has 0 nitrogen and oxygen atoms in total. The summed E-state index contributed by atoms with van der Waals surface area (Å²) < 4.78 is 0. The van der Waals surface area contributed by atoms with Crippen LogP contribution in [0.5, 0.6) is 0 Å². The number of rotatable bonds is 0. The predicted octanol–water partition coefficient (Wildman–Crippen LogP) is 6.70. The van der Waals surface area contributed by atoms with Gasteiger partial charge in [0, 0.05) is 0 Å². The van der Waals surface area contributed by atoms with E-state index < -0.39 is 0 Å². The molecule has 0 N–H and O–H groups in total. The smallest absolute Gasteiger partial charge is 0.00142 e. The van der Waals surface area contributed by atoms with Gasteiger partial charge in [0.1, 0.15) is 0 Å². The molecule has 5 aliphatic rings. The fourth-order valence-corrected chi connectivity index (χ4v) is 8.22. The maximum Gasteiger partial charge on any atom is -0.00142 e. The molecule has 7 rings (SSSR count). The lowest BCUT2D eigenvalue weighted by Gasteiger charge is -2.38. The summed E-state index contributed by atoms with van der Waals surface area (Å²) in [6, 6.07) is 0. The molecule has 0 heterocycles. The topological polar surface area (TPSA) is 0 Å². The Balaban J connectivity index is 1.48. The van der Waals surface area contributed by atoms with Crippen LogP contribution in [-0.2, 0) is 64.2 Å². The van der Waals surface area contributed by atoms with Crippen molar-refractivity contribution >= 4 is 0 Å². The van der Waals surface area contributed by atoms with Crippen LogP contribution < -0.4 is 0 Å². The molecule has 0 unspecified atom stereocenters. The summed E-state index contributed by atoms with van der Waals surface area (Å²) in [5.74, 6) is 0. The molecular formula is C30H36. The Bertz CT molecular complexity index is 884.